The number of allylic oxidation sites excluding steroid dienone is 1. The van der Waals surface area contributed by atoms with E-state index in [2.05, 4.69) is 17.5 Å². The molecule has 6 heteroatoms. The van der Waals surface area contributed by atoms with Gasteiger partial charge in [0.1, 0.15) is 0 Å². The average molecular weight is 254 g/mol. The normalized spacial score (nSPS) is 27.9. The maximum atomic E-state index is 12.0. The standard InChI is InChI=1S/C12H18N2O4/c15-11(16)10-8-14(6-7-18-10)12(17)13-9-4-2-1-3-5-9/h1-2,9-10H,3-8H2,(H,13,17)(H,15,16). The molecule has 2 rings (SSSR count). The minimum absolute atomic E-state index is 0.115. The van der Waals surface area contributed by atoms with Gasteiger partial charge in [-0.15, -0.1) is 0 Å². The minimum atomic E-state index is -1.02. The van der Waals surface area contributed by atoms with Crippen LogP contribution in [0.4, 0.5) is 4.79 Å². The van der Waals surface area contributed by atoms with Crippen LogP contribution in [-0.2, 0) is 9.53 Å². The predicted octanol–water partition coefficient (Wildman–Crippen LogP) is 0.590. The van der Waals surface area contributed by atoms with Gasteiger partial charge in [-0.1, -0.05) is 12.2 Å². The summed E-state index contributed by atoms with van der Waals surface area (Å²) in [5, 5.41) is 11.8. The second-order valence-electron chi connectivity index (χ2n) is 4.57. The minimum Gasteiger partial charge on any atom is -0.479 e. The van der Waals surface area contributed by atoms with Crippen molar-refractivity contribution in [1.82, 2.24) is 10.2 Å². The zero-order chi connectivity index (χ0) is 13.0. The van der Waals surface area contributed by atoms with Crippen LogP contribution in [0, 0.1) is 0 Å². The predicted molar refractivity (Wildman–Crippen MR) is 64.3 cm³/mol. The molecule has 18 heavy (non-hydrogen) atoms. The van der Waals surface area contributed by atoms with Gasteiger partial charge in [0.2, 0.25) is 0 Å². The van der Waals surface area contributed by atoms with Crippen molar-refractivity contribution in [3.05, 3.63) is 12.2 Å². The number of ether oxygens (including phenoxy) is 1. The fourth-order valence-electron chi connectivity index (χ4n) is 2.17. The van der Waals surface area contributed by atoms with Gasteiger partial charge < -0.3 is 20.1 Å². The SMILES string of the molecule is O=C(O)C1CN(C(=O)NC2CC=CCC2)CCO1. The van der Waals surface area contributed by atoms with E-state index in [0.717, 1.165) is 19.3 Å². The largest absolute Gasteiger partial charge is 0.479 e. The van der Waals surface area contributed by atoms with Gasteiger partial charge in [-0.2, -0.15) is 0 Å². The Kier molecular flexibility index (Phi) is 4.19. The monoisotopic (exact) mass is 254 g/mol. The number of nitrogens with zero attached hydrogens (tertiary/aromatic N) is 1. The summed E-state index contributed by atoms with van der Waals surface area (Å²) in [6.07, 6.45) is 6.03. The highest BCUT2D eigenvalue weighted by molar-refractivity contribution is 5.77. The van der Waals surface area contributed by atoms with Gasteiger partial charge >= 0.3 is 12.0 Å². The molecule has 2 N–H and O–H groups in total. The molecule has 2 unspecified atom stereocenters. The first-order valence-electron chi connectivity index (χ1n) is 6.21. The third-order valence-electron chi connectivity index (χ3n) is 3.23. The number of carbonyl (C=O) groups is 2. The van der Waals surface area contributed by atoms with Crippen LogP contribution >= 0.6 is 0 Å². The number of hydrogen-bond donors (Lipinski definition) is 2. The maximum Gasteiger partial charge on any atom is 0.334 e. The lowest BCUT2D eigenvalue weighted by Crippen LogP contribution is -2.53. The number of morpholine rings is 1. The smallest absolute Gasteiger partial charge is 0.334 e. The summed E-state index contributed by atoms with van der Waals surface area (Å²) in [7, 11) is 0. The highest BCUT2D eigenvalue weighted by Gasteiger charge is 2.29. The number of urea groups is 1. The van der Waals surface area contributed by atoms with Crippen molar-refractivity contribution < 1.29 is 19.4 Å². The zero-order valence-corrected chi connectivity index (χ0v) is 10.2. The summed E-state index contributed by atoms with van der Waals surface area (Å²) in [5.41, 5.74) is 0. The highest BCUT2D eigenvalue weighted by Crippen LogP contribution is 2.12. The number of aliphatic carboxylic acids is 1. The van der Waals surface area contributed by atoms with Crippen molar-refractivity contribution in [3.63, 3.8) is 0 Å². The summed E-state index contributed by atoms with van der Waals surface area (Å²) < 4.78 is 5.08. The van der Waals surface area contributed by atoms with Crippen LogP contribution in [0.25, 0.3) is 0 Å². The van der Waals surface area contributed by atoms with E-state index in [1.54, 1.807) is 0 Å². The van der Waals surface area contributed by atoms with Gasteiger partial charge in [0, 0.05) is 12.6 Å². The van der Waals surface area contributed by atoms with Gasteiger partial charge in [-0.25, -0.2) is 9.59 Å². The van der Waals surface area contributed by atoms with Gasteiger partial charge in [-0.05, 0) is 19.3 Å². The van der Waals surface area contributed by atoms with E-state index in [1.165, 1.54) is 4.90 Å². The van der Waals surface area contributed by atoms with Crippen molar-refractivity contribution >= 4 is 12.0 Å². The molecule has 0 spiro atoms. The van der Waals surface area contributed by atoms with Crippen molar-refractivity contribution in [2.24, 2.45) is 0 Å². The molecule has 100 valence electrons. The molecule has 0 radical (unpaired) electrons. The lowest BCUT2D eigenvalue weighted by Gasteiger charge is -2.32. The molecule has 0 aromatic heterocycles. The molecule has 6 nitrogen and oxygen atoms in total. The Labute approximate surface area is 106 Å². The van der Waals surface area contributed by atoms with Crippen LogP contribution in [0.5, 0.6) is 0 Å². The van der Waals surface area contributed by atoms with E-state index in [4.69, 9.17) is 9.84 Å². The lowest BCUT2D eigenvalue weighted by atomic mass is 10.0. The van der Waals surface area contributed by atoms with E-state index >= 15 is 0 Å². The van der Waals surface area contributed by atoms with Gasteiger partial charge in [0.05, 0.1) is 13.2 Å². The fraction of sp³-hybridized carbons (Fsp3) is 0.667. The van der Waals surface area contributed by atoms with Crippen molar-refractivity contribution in [3.8, 4) is 0 Å². The number of hydrogen-bond acceptors (Lipinski definition) is 3. The maximum absolute atomic E-state index is 12.0. The Bertz CT molecular complexity index is 356. The molecular formula is C12H18N2O4. The summed E-state index contributed by atoms with van der Waals surface area (Å²) >= 11 is 0. The van der Waals surface area contributed by atoms with Crippen molar-refractivity contribution in [2.75, 3.05) is 19.7 Å². The fourth-order valence-corrected chi connectivity index (χ4v) is 2.17. The summed E-state index contributed by atoms with van der Waals surface area (Å²) in [5.74, 6) is -1.02. The lowest BCUT2D eigenvalue weighted by molar-refractivity contribution is -0.154. The second kappa shape index (κ2) is 5.86. The molecule has 1 aliphatic heterocycles. The van der Waals surface area contributed by atoms with Gasteiger partial charge in [-0.3, -0.25) is 0 Å². The Morgan fingerprint density at radius 2 is 2.22 bits per heavy atom. The molecule has 2 amide bonds. The zero-order valence-electron chi connectivity index (χ0n) is 10.2. The van der Waals surface area contributed by atoms with Crippen LogP contribution in [0.1, 0.15) is 19.3 Å². The van der Waals surface area contributed by atoms with Crippen LogP contribution in [0.15, 0.2) is 12.2 Å². The summed E-state index contributed by atoms with van der Waals surface area (Å²) in [6, 6.07) is -0.0292. The number of amides is 2. The number of rotatable bonds is 2. The molecule has 2 atom stereocenters. The molecule has 0 aromatic rings. The topological polar surface area (TPSA) is 78.9 Å². The Morgan fingerprint density at radius 3 is 2.89 bits per heavy atom. The Balaban J connectivity index is 1.84. The Hall–Kier alpha value is -1.56. The molecular weight excluding hydrogens is 236 g/mol. The number of nitrogens with one attached hydrogen (secondary N) is 1. The third kappa shape index (κ3) is 3.22. The molecule has 1 fully saturated rings. The first-order chi connectivity index (χ1) is 8.66. The average Bonchev–Trinajstić information content (AvgIpc) is 2.40. The second-order valence-corrected chi connectivity index (χ2v) is 4.57. The molecule has 1 saturated heterocycles. The van der Waals surface area contributed by atoms with Crippen LogP contribution < -0.4 is 5.32 Å². The van der Waals surface area contributed by atoms with E-state index < -0.39 is 12.1 Å². The number of carboxylic acid groups (broad SMARTS) is 1. The van der Waals surface area contributed by atoms with E-state index in [-0.39, 0.29) is 25.2 Å². The number of carbonyl (C=O) groups excluding carboxylic acids is 1. The van der Waals surface area contributed by atoms with Crippen molar-refractivity contribution in [2.45, 2.75) is 31.4 Å². The van der Waals surface area contributed by atoms with Crippen molar-refractivity contribution in [1.29, 1.82) is 0 Å². The molecule has 0 saturated carbocycles. The van der Waals surface area contributed by atoms with Crippen LogP contribution in [-0.4, -0.2) is 53.8 Å². The Morgan fingerprint density at radius 1 is 1.39 bits per heavy atom. The quantitative estimate of drug-likeness (QED) is 0.707. The van der Waals surface area contributed by atoms with Crippen LogP contribution in [0.2, 0.25) is 0 Å². The summed E-state index contributed by atoms with van der Waals surface area (Å²) in [6.45, 7) is 0.830. The third-order valence-corrected chi connectivity index (χ3v) is 3.23. The molecule has 0 bridgehead atoms. The molecule has 0 aromatic carbocycles. The van der Waals surface area contributed by atoms with E-state index in [9.17, 15) is 9.59 Å². The first-order valence-corrected chi connectivity index (χ1v) is 6.21. The van der Waals surface area contributed by atoms with Crippen LogP contribution in [0.3, 0.4) is 0 Å². The highest BCUT2D eigenvalue weighted by atomic mass is 16.5. The molecule has 1 aliphatic carbocycles. The van der Waals surface area contributed by atoms with Gasteiger partial charge in [0.25, 0.3) is 0 Å². The first kappa shape index (κ1) is 12.9. The number of carboxylic acids is 1. The summed E-state index contributed by atoms with van der Waals surface area (Å²) in [4.78, 5) is 24.3. The molecule has 1 heterocycles. The van der Waals surface area contributed by atoms with E-state index in [1.807, 2.05) is 0 Å². The molecule has 2 aliphatic rings. The van der Waals surface area contributed by atoms with E-state index in [0.29, 0.717) is 6.54 Å². The van der Waals surface area contributed by atoms with Gasteiger partial charge in [0.15, 0.2) is 6.10 Å².